The molecule has 0 unspecified atom stereocenters. The molecular formula is C8H6FN3. The second-order valence-electron chi connectivity index (χ2n) is 2.46. The summed E-state index contributed by atoms with van der Waals surface area (Å²) in [6, 6.07) is 2.82. The van der Waals surface area contributed by atoms with Crippen LogP contribution in [-0.2, 0) is 0 Å². The van der Waals surface area contributed by atoms with E-state index in [2.05, 4.69) is 9.97 Å². The van der Waals surface area contributed by atoms with Gasteiger partial charge in [0.05, 0.1) is 11.2 Å². The largest absolute Gasteiger partial charge is 0.396 e. The smallest absolute Gasteiger partial charge is 0.148 e. The number of anilines is 1. The van der Waals surface area contributed by atoms with E-state index in [-0.39, 0.29) is 5.69 Å². The van der Waals surface area contributed by atoms with E-state index in [4.69, 9.17) is 5.73 Å². The number of hydrogen-bond donors (Lipinski definition) is 1. The maximum Gasteiger partial charge on any atom is 0.148 e. The van der Waals surface area contributed by atoms with E-state index in [0.717, 1.165) is 5.39 Å². The maximum atomic E-state index is 12.9. The summed E-state index contributed by atoms with van der Waals surface area (Å²) in [5.74, 6) is -0.443. The van der Waals surface area contributed by atoms with Crippen LogP contribution in [0.4, 0.5) is 10.1 Å². The van der Waals surface area contributed by atoms with E-state index in [1.807, 2.05) is 0 Å². The van der Waals surface area contributed by atoms with Gasteiger partial charge in [-0.15, -0.1) is 0 Å². The number of nitrogen functional groups attached to an aromatic ring is 1. The fraction of sp³-hybridized carbons (Fsp3) is 0. The van der Waals surface area contributed by atoms with Crippen LogP contribution >= 0.6 is 0 Å². The van der Waals surface area contributed by atoms with Crippen molar-refractivity contribution in [3.63, 3.8) is 0 Å². The van der Waals surface area contributed by atoms with Crippen LogP contribution in [0.25, 0.3) is 10.9 Å². The van der Waals surface area contributed by atoms with Crippen LogP contribution in [0.3, 0.4) is 0 Å². The van der Waals surface area contributed by atoms with Gasteiger partial charge >= 0.3 is 0 Å². The minimum absolute atomic E-state index is 0.123. The standard InChI is InChI=1S/C8H6FN3/c9-6-2-8-5(1-7(6)10)3-11-4-12-8/h1-4H,10H2. The molecule has 0 saturated carbocycles. The Hall–Kier alpha value is -1.71. The van der Waals surface area contributed by atoms with Crippen molar-refractivity contribution in [3.05, 3.63) is 30.5 Å². The van der Waals surface area contributed by atoms with Crippen molar-refractivity contribution >= 4 is 16.6 Å². The van der Waals surface area contributed by atoms with Gasteiger partial charge < -0.3 is 5.73 Å². The first-order valence-electron chi connectivity index (χ1n) is 3.42. The molecule has 0 atom stereocenters. The molecule has 0 amide bonds. The average Bonchev–Trinajstić information content (AvgIpc) is 2.07. The molecule has 1 aromatic heterocycles. The second-order valence-corrected chi connectivity index (χ2v) is 2.46. The van der Waals surface area contributed by atoms with Gasteiger partial charge in [-0.25, -0.2) is 14.4 Å². The highest BCUT2D eigenvalue weighted by Crippen LogP contribution is 2.17. The molecule has 2 aromatic rings. The van der Waals surface area contributed by atoms with Gasteiger partial charge in [0.1, 0.15) is 12.1 Å². The Kier molecular flexibility index (Phi) is 1.40. The molecule has 0 aliphatic rings. The van der Waals surface area contributed by atoms with Crippen LogP contribution in [0.5, 0.6) is 0 Å². The Labute approximate surface area is 68.1 Å². The third-order valence-electron chi connectivity index (χ3n) is 1.62. The van der Waals surface area contributed by atoms with Crippen LogP contribution in [0.2, 0.25) is 0 Å². The summed E-state index contributed by atoms with van der Waals surface area (Å²) in [6.45, 7) is 0. The maximum absolute atomic E-state index is 12.9. The first-order valence-corrected chi connectivity index (χ1v) is 3.42. The van der Waals surface area contributed by atoms with Gasteiger partial charge in [0.2, 0.25) is 0 Å². The molecule has 0 aliphatic carbocycles. The van der Waals surface area contributed by atoms with Gasteiger partial charge in [0, 0.05) is 17.6 Å². The van der Waals surface area contributed by atoms with Gasteiger partial charge in [-0.05, 0) is 6.07 Å². The quantitative estimate of drug-likeness (QED) is 0.596. The van der Waals surface area contributed by atoms with Crippen molar-refractivity contribution in [1.82, 2.24) is 9.97 Å². The molecule has 0 spiro atoms. The van der Waals surface area contributed by atoms with Crippen molar-refractivity contribution in [2.75, 3.05) is 5.73 Å². The number of fused-ring (bicyclic) bond motifs is 1. The van der Waals surface area contributed by atoms with E-state index in [1.54, 1.807) is 6.20 Å². The monoisotopic (exact) mass is 163 g/mol. The summed E-state index contributed by atoms with van der Waals surface area (Å²) in [5.41, 5.74) is 6.04. The lowest BCUT2D eigenvalue weighted by molar-refractivity contribution is 0.634. The predicted octanol–water partition coefficient (Wildman–Crippen LogP) is 1.35. The molecule has 0 radical (unpaired) electrons. The highest BCUT2D eigenvalue weighted by atomic mass is 19.1. The number of benzene rings is 1. The highest BCUT2D eigenvalue weighted by molar-refractivity contribution is 5.81. The molecule has 12 heavy (non-hydrogen) atoms. The zero-order valence-corrected chi connectivity index (χ0v) is 6.16. The molecule has 0 saturated heterocycles. The molecule has 60 valence electrons. The highest BCUT2D eigenvalue weighted by Gasteiger charge is 2.00. The van der Waals surface area contributed by atoms with Crippen LogP contribution < -0.4 is 5.73 Å². The molecule has 1 heterocycles. The number of hydrogen-bond acceptors (Lipinski definition) is 3. The number of halogens is 1. The first-order chi connectivity index (χ1) is 5.77. The molecule has 4 heteroatoms. The molecule has 2 rings (SSSR count). The lowest BCUT2D eigenvalue weighted by Gasteiger charge is -1.98. The zero-order valence-electron chi connectivity index (χ0n) is 6.16. The Morgan fingerprint density at radius 1 is 1.33 bits per heavy atom. The average molecular weight is 163 g/mol. The summed E-state index contributed by atoms with van der Waals surface area (Å²) in [6.07, 6.45) is 2.97. The van der Waals surface area contributed by atoms with E-state index in [1.165, 1.54) is 18.5 Å². The number of rotatable bonds is 0. The van der Waals surface area contributed by atoms with Crippen molar-refractivity contribution in [2.24, 2.45) is 0 Å². The molecule has 3 nitrogen and oxygen atoms in total. The Balaban J connectivity index is 2.84. The Bertz CT molecular complexity index is 387. The van der Waals surface area contributed by atoms with Crippen LogP contribution in [0.1, 0.15) is 0 Å². The fourth-order valence-corrected chi connectivity index (χ4v) is 1.02. The van der Waals surface area contributed by atoms with E-state index >= 15 is 0 Å². The summed E-state index contributed by atoms with van der Waals surface area (Å²) >= 11 is 0. The summed E-state index contributed by atoms with van der Waals surface area (Å²) in [7, 11) is 0. The first kappa shape index (κ1) is 6.97. The Morgan fingerprint density at radius 2 is 2.17 bits per heavy atom. The van der Waals surface area contributed by atoms with Gasteiger partial charge in [0.25, 0.3) is 0 Å². The number of nitrogens with two attached hydrogens (primary N) is 1. The number of aromatic nitrogens is 2. The second kappa shape index (κ2) is 2.41. The molecular weight excluding hydrogens is 157 g/mol. The summed E-state index contributed by atoms with van der Waals surface area (Å²) < 4.78 is 12.9. The van der Waals surface area contributed by atoms with E-state index in [9.17, 15) is 4.39 Å². The fourth-order valence-electron chi connectivity index (χ4n) is 1.02. The predicted molar refractivity (Wildman–Crippen MR) is 43.9 cm³/mol. The van der Waals surface area contributed by atoms with Gasteiger partial charge in [-0.2, -0.15) is 0 Å². The van der Waals surface area contributed by atoms with Crippen LogP contribution in [-0.4, -0.2) is 9.97 Å². The minimum atomic E-state index is -0.443. The van der Waals surface area contributed by atoms with Crippen molar-refractivity contribution < 1.29 is 4.39 Å². The number of nitrogens with zero attached hydrogens (tertiary/aromatic N) is 2. The SMILES string of the molecule is Nc1cc2cncnc2cc1F. The lowest BCUT2D eigenvalue weighted by atomic mass is 10.2. The zero-order chi connectivity index (χ0) is 8.55. The summed E-state index contributed by atoms with van der Waals surface area (Å²) in [4.78, 5) is 7.67. The topological polar surface area (TPSA) is 51.8 Å². The van der Waals surface area contributed by atoms with Crippen LogP contribution in [0.15, 0.2) is 24.7 Å². The molecule has 0 aliphatic heterocycles. The van der Waals surface area contributed by atoms with E-state index in [0.29, 0.717) is 5.52 Å². The third-order valence-corrected chi connectivity index (χ3v) is 1.62. The van der Waals surface area contributed by atoms with Crippen LogP contribution in [0, 0.1) is 5.82 Å². The normalized spacial score (nSPS) is 10.4. The van der Waals surface area contributed by atoms with Gasteiger partial charge in [-0.3, -0.25) is 0 Å². The molecule has 0 bridgehead atoms. The van der Waals surface area contributed by atoms with Crippen molar-refractivity contribution in [1.29, 1.82) is 0 Å². The third kappa shape index (κ3) is 0.972. The van der Waals surface area contributed by atoms with Gasteiger partial charge in [-0.1, -0.05) is 0 Å². The van der Waals surface area contributed by atoms with Crippen molar-refractivity contribution in [2.45, 2.75) is 0 Å². The molecule has 1 aromatic carbocycles. The Morgan fingerprint density at radius 3 is 3.00 bits per heavy atom. The van der Waals surface area contributed by atoms with Gasteiger partial charge in [0.15, 0.2) is 0 Å². The van der Waals surface area contributed by atoms with Crippen molar-refractivity contribution in [3.8, 4) is 0 Å². The minimum Gasteiger partial charge on any atom is -0.396 e. The van der Waals surface area contributed by atoms with E-state index < -0.39 is 5.82 Å². The molecule has 0 fully saturated rings. The summed E-state index contributed by atoms with van der Waals surface area (Å²) in [5, 5.41) is 0.747. The molecule has 2 N–H and O–H groups in total. The lowest BCUT2D eigenvalue weighted by Crippen LogP contribution is -1.91.